The molecule has 1 N–H and O–H groups in total. The largest absolute Gasteiger partial charge is 0.386 e. The van der Waals surface area contributed by atoms with Crippen molar-refractivity contribution in [3.8, 4) is 0 Å². The van der Waals surface area contributed by atoms with Crippen molar-refractivity contribution in [1.29, 1.82) is 0 Å². The van der Waals surface area contributed by atoms with E-state index in [0.717, 1.165) is 0 Å². The first-order valence-corrected chi connectivity index (χ1v) is 3.96. The van der Waals surface area contributed by atoms with Crippen molar-refractivity contribution in [3.05, 3.63) is 23.8 Å². The highest BCUT2D eigenvalue weighted by Gasteiger charge is 2.52. The van der Waals surface area contributed by atoms with Crippen LogP contribution in [0.2, 0.25) is 0 Å². The zero-order valence-electron chi connectivity index (χ0n) is 6.73. The summed E-state index contributed by atoms with van der Waals surface area (Å²) in [5, 5.41) is 9.35. The average Bonchev–Trinajstić information content (AvgIpc) is 2.79. The second-order valence-corrected chi connectivity index (χ2v) is 3.00. The molecule has 0 spiro atoms. The predicted molar refractivity (Wildman–Crippen MR) is 42.6 cm³/mol. The van der Waals surface area contributed by atoms with Gasteiger partial charge in [-0.25, -0.2) is 0 Å². The Bertz CT molecular complexity index is 277. The van der Waals surface area contributed by atoms with Crippen molar-refractivity contribution in [2.24, 2.45) is 0 Å². The lowest BCUT2D eigenvalue weighted by Gasteiger charge is -2.08. The van der Waals surface area contributed by atoms with Gasteiger partial charge in [-0.1, -0.05) is 12.2 Å². The number of Topliss-reactive ketones (excluding diaryl/α,β-unsaturated/α-hetero) is 1. The highest BCUT2D eigenvalue weighted by Crippen LogP contribution is 2.33. The summed E-state index contributed by atoms with van der Waals surface area (Å²) >= 11 is 0. The molecule has 0 aromatic heterocycles. The Morgan fingerprint density at radius 1 is 1.67 bits per heavy atom. The topological polar surface area (TPSA) is 49.8 Å². The molecule has 0 unspecified atom stereocenters. The van der Waals surface area contributed by atoms with Crippen LogP contribution in [0.25, 0.3) is 0 Å². The van der Waals surface area contributed by atoms with E-state index in [1.165, 1.54) is 0 Å². The lowest BCUT2D eigenvalue weighted by Crippen LogP contribution is -2.25. The van der Waals surface area contributed by atoms with E-state index < -0.39 is 6.10 Å². The van der Waals surface area contributed by atoms with Gasteiger partial charge in [0.15, 0.2) is 5.78 Å². The molecule has 0 radical (unpaired) electrons. The number of epoxide rings is 1. The maximum atomic E-state index is 11.3. The summed E-state index contributed by atoms with van der Waals surface area (Å²) in [5.74, 6) is -0.0107. The Hall–Kier alpha value is -0.930. The van der Waals surface area contributed by atoms with Crippen LogP contribution in [0.1, 0.15) is 6.92 Å². The number of carbonyl (C=O) groups excluding carboxylic acids is 1. The summed E-state index contributed by atoms with van der Waals surface area (Å²) in [6, 6.07) is 0. The quantitative estimate of drug-likeness (QED) is 0.566. The molecule has 1 fully saturated rings. The highest BCUT2D eigenvalue weighted by molar-refractivity contribution is 6.04. The third kappa shape index (κ3) is 1.02. The smallest absolute Gasteiger partial charge is 0.194 e. The molecule has 3 heteroatoms. The SMILES string of the molecule is C/C=C/C1=C[C@@H](O)[C@@H]2O[C@@H]2C1=O. The Kier molecular flexibility index (Phi) is 1.63. The molecule has 1 aliphatic heterocycles. The second-order valence-electron chi connectivity index (χ2n) is 3.00. The van der Waals surface area contributed by atoms with Crippen LogP contribution in [0, 0.1) is 0 Å². The molecule has 0 amide bonds. The molecule has 0 bridgehead atoms. The van der Waals surface area contributed by atoms with Crippen molar-refractivity contribution in [2.75, 3.05) is 0 Å². The number of hydrogen-bond acceptors (Lipinski definition) is 3. The summed E-state index contributed by atoms with van der Waals surface area (Å²) in [7, 11) is 0. The maximum absolute atomic E-state index is 11.3. The Labute approximate surface area is 70.3 Å². The summed E-state index contributed by atoms with van der Waals surface area (Å²) in [6.45, 7) is 1.83. The Morgan fingerprint density at radius 3 is 3.08 bits per heavy atom. The molecule has 1 aliphatic carbocycles. The van der Waals surface area contributed by atoms with Gasteiger partial charge in [0.05, 0.1) is 0 Å². The minimum Gasteiger partial charge on any atom is -0.386 e. The highest BCUT2D eigenvalue weighted by atomic mass is 16.6. The van der Waals surface area contributed by atoms with Crippen LogP contribution in [0.3, 0.4) is 0 Å². The number of fused-ring (bicyclic) bond motifs is 1. The third-order valence-electron chi connectivity index (χ3n) is 2.10. The molecule has 2 aliphatic rings. The van der Waals surface area contributed by atoms with Gasteiger partial charge in [0.2, 0.25) is 0 Å². The summed E-state index contributed by atoms with van der Waals surface area (Å²) in [4.78, 5) is 11.3. The van der Waals surface area contributed by atoms with E-state index in [1.807, 2.05) is 6.92 Å². The lowest BCUT2D eigenvalue weighted by molar-refractivity contribution is -0.116. The normalized spacial score (nSPS) is 39.7. The van der Waals surface area contributed by atoms with Crippen molar-refractivity contribution in [1.82, 2.24) is 0 Å². The first-order chi connectivity index (χ1) is 5.74. The van der Waals surface area contributed by atoms with Gasteiger partial charge in [0.25, 0.3) is 0 Å². The zero-order valence-corrected chi connectivity index (χ0v) is 6.73. The molecule has 2 rings (SSSR count). The minimum absolute atomic E-state index is 0.0107. The standard InChI is InChI=1S/C9H10O3/c1-2-3-5-4-6(10)8-9(12-8)7(5)11/h2-4,6,8-10H,1H3/b3-2+/t6-,8+,9-/m1/s1. The Balaban J connectivity index is 2.26. The van der Waals surface area contributed by atoms with Crippen molar-refractivity contribution in [2.45, 2.75) is 25.2 Å². The number of ether oxygens (including phenoxy) is 1. The number of rotatable bonds is 1. The number of carbonyl (C=O) groups is 1. The third-order valence-corrected chi connectivity index (χ3v) is 2.10. The average molecular weight is 166 g/mol. The molecule has 3 nitrogen and oxygen atoms in total. The van der Waals surface area contributed by atoms with Gasteiger partial charge in [0, 0.05) is 5.57 Å². The van der Waals surface area contributed by atoms with E-state index >= 15 is 0 Å². The van der Waals surface area contributed by atoms with Gasteiger partial charge in [-0.3, -0.25) is 4.79 Å². The van der Waals surface area contributed by atoms with Crippen molar-refractivity contribution >= 4 is 5.78 Å². The van der Waals surface area contributed by atoms with E-state index in [-0.39, 0.29) is 18.0 Å². The maximum Gasteiger partial charge on any atom is 0.194 e. The van der Waals surface area contributed by atoms with E-state index in [4.69, 9.17) is 4.74 Å². The molecule has 12 heavy (non-hydrogen) atoms. The van der Waals surface area contributed by atoms with E-state index in [0.29, 0.717) is 5.57 Å². The molecule has 64 valence electrons. The minimum atomic E-state index is -0.612. The van der Waals surface area contributed by atoms with Gasteiger partial charge >= 0.3 is 0 Å². The molecule has 0 aromatic rings. The van der Waals surface area contributed by atoms with Crippen LogP contribution in [-0.4, -0.2) is 29.2 Å². The van der Waals surface area contributed by atoms with E-state index in [2.05, 4.69) is 0 Å². The fourth-order valence-corrected chi connectivity index (χ4v) is 1.44. The van der Waals surface area contributed by atoms with Gasteiger partial charge in [-0.15, -0.1) is 0 Å². The number of aliphatic hydroxyl groups excluding tert-OH is 1. The van der Waals surface area contributed by atoms with Crippen LogP contribution in [0.5, 0.6) is 0 Å². The first-order valence-electron chi connectivity index (χ1n) is 3.96. The summed E-state index contributed by atoms with van der Waals surface area (Å²) in [6.07, 6.45) is 3.76. The summed E-state index contributed by atoms with van der Waals surface area (Å²) < 4.78 is 4.99. The van der Waals surface area contributed by atoms with Crippen LogP contribution >= 0.6 is 0 Å². The molecular formula is C9H10O3. The summed E-state index contributed by atoms with van der Waals surface area (Å²) in [5.41, 5.74) is 0.559. The van der Waals surface area contributed by atoms with E-state index in [1.54, 1.807) is 18.2 Å². The molecule has 3 atom stereocenters. The molecular weight excluding hydrogens is 156 g/mol. The fourth-order valence-electron chi connectivity index (χ4n) is 1.44. The number of hydrogen-bond donors (Lipinski definition) is 1. The molecule has 1 saturated heterocycles. The van der Waals surface area contributed by atoms with Gasteiger partial charge in [-0.2, -0.15) is 0 Å². The fraction of sp³-hybridized carbons (Fsp3) is 0.444. The van der Waals surface area contributed by atoms with Gasteiger partial charge < -0.3 is 9.84 Å². The van der Waals surface area contributed by atoms with Crippen molar-refractivity contribution < 1.29 is 14.6 Å². The predicted octanol–water partition coefficient (Wildman–Crippen LogP) is 0.200. The second kappa shape index (κ2) is 2.54. The monoisotopic (exact) mass is 166 g/mol. The van der Waals surface area contributed by atoms with Crippen LogP contribution in [0.4, 0.5) is 0 Å². The van der Waals surface area contributed by atoms with E-state index in [9.17, 15) is 9.90 Å². The number of allylic oxidation sites excluding steroid dienone is 2. The van der Waals surface area contributed by atoms with Gasteiger partial charge in [0.1, 0.15) is 18.3 Å². The van der Waals surface area contributed by atoms with Crippen LogP contribution in [0.15, 0.2) is 23.8 Å². The Morgan fingerprint density at radius 2 is 2.42 bits per heavy atom. The number of ketones is 1. The number of aliphatic hydroxyl groups is 1. The lowest BCUT2D eigenvalue weighted by atomic mass is 9.96. The zero-order chi connectivity index (χ0) is 8.72. The molecule has 0 saturated carbocycles. The molecule has 1 heterocycles. The van der Waals surface area contributed by atoms with Crippen LogP contribution < -0.4 is 0 Å². The van der Waals surface area contributed by atoms with Crippen LogP contribution in [-0.2, 0) is 9.53 Å². The molecule has 0 aromatic carbocycles. The van der Waals surface area contributed by atoms with Gasteiger partial charge in [-0.05, 0) is 13.0 Å². The van der Waals surface area contributed by atoms with Crippen molar-refractivity contribution in [3.63, 3.8) is 0 Å². The first kappa shape index (κ1) is 7.71.